The fraction of sp³-hybridized carbons (Fsp3) is 0.375. The van der Waals surface area contributed by atoms with Crippen LogP contribution in [0.4, 0.5) is 0 Å². The summed E-state index contributed by atoms with van der Waals surface area (Å²) in [7, 11) is 0. The van der Waals surface area contributed by atoms with Crippen LogP contribution in [-0.4, -0.2) is 5.97 Å². The summed E-state index contributed by atoms with van der Waals surface area (Å²) in [6, 6.07) is 0. The lowest BCUT2D eigenvalue weighted by atomic mass is 10.3. The second-order valence-corrected chi connectivity index (χ2v) is 1.97. The van der Waals surface area contributed by atoms with Crippen molar-refractivity contribution in [2.45, 2.75) is 20.8 Å². The first-order valence-electron chi connectivity index (χ1n) is 3.13. The molecule has 2 nitrogen and oxygen atoms in total. The minimum absolute atomic E-state index is 0.288. The number of rotatable bonds is 2. The van der Waals surface area contributed by atoms with Crippen LogP contribution < -0.4 is 0 Å². The molecule has 0 rings (SSSR count). The van der Waals surface area contributed by atoms with E-state index in [4.69, 9.17) is 0 Å². The molecule has 0 aromatic carbocycles. The van der Waals surface area contributed by atoms with Gasteiger partial charge < -0.3 is 4.74 Å². The fourth-order valence-corrected chi connectivity index (χ4v) is 0.478. The Labute approximate surface area is 61.2 Å². The van der Waals surface area contributed by atoms with E-state index >= 15 is 0 Å². The molecule has 0 aliphatic rings. The molecule has 0 bridgehead atoms. The molecule has 0 saturated heterocycles. The average molecular weight is 140 g/mol. The first-order valence-corrected chi connectivity index (χ1v) is 3.13. The zero-order valence-corrected chi connectivity index (χ0v) is 6.55. The molecule has 10 heavy (non-hydrogen) atoms. The van der Waals surface area contributed by atoms with E-state index in [0.29, 0.717) is 0 Å². The van der Waals surface area contributed by atoms with E-state index in [1.807, 2.05) is 26.0 Å². The van der Waals surface area contributed by atoms with Crippen molar-refractivity contribution in [3.05, 3.63) is 24.0 Å². The first-order chi connectivity index (χ1) is 4.66. The predicted molar refractivity (Wildman–Crippen MR) is 40.3 cm³/mol. The van der Waals surface area contributed by atoms with E-state index in [1.54, 1.807) is 0 Å². The maximum atomic E-state index is 10.3. The number of ether oxygens (including phenoxy) is 1. The van der Waals surface area contributed by atoms with Gasteiger partial charge in [0.1, 0.15) is 0 Å². The van der Waals surface area contributed by atoms with Crippen molar-refractivity contribution in [2.75, 3.05) is 0 Å². The summed E-state index contributed by atoms with van der Waals surface area (Å²) < 4.78 is 4.60. The van der Waals surface area contributed by atoms with Crippen LogP contribution in [-0.2, 0) is 9.53 Å². The monoisotopic (exact) mass is 140 g/mol. The van der Waals surface area contributed by atoms with E-state index in [2.05, 4.69) is 4.74 Å². The van der Waals surface area contributed by atoms with Crippen LogP contribution in [0, 0.1) is 0 Å². The van der Waals surface area contributed by atoms with E-state index < -0.39 is 0 Å². The van der Waals surface area contributed by atoms with Crippen LogP contribution in [0.3, 0.4) is 0 Å². The molecule has 0 amide bonds. The zero-order valence-electron chi connectivity index (χ0n) is 6.55. The second-order valence-electron chi connectivity index (χ2n) is 1.97. The first kappa shape index (κ1) is 8.95. The Balaban J connectivity index is 3.80. The third kappa shape index (κ3) is 5.09. The molecule has 0 aliphatic heterocycles. The van der Waals surface area contributed by atoms with Crippen molar-refractivity contribution in [3.63, 3.8) is 0 Å². The standard InChI is InChI=1S/C8H12O2/c1-4-5-7(2)6-10-8(3)9/h4-6H,1-3H3. The van der Waals surface area contributed by atoms with E-state index in [1.165, 1.54) is 13.2 Å². The Morgan fingerprint density at radius 2 is 2.00 bits per heavy atom. The Bertz CT molecular complexity index is 166. The van der Waals surface area contributed by atoms with Crippen LogP contribution in [0.15, 0.2) is 24.0 Å². The van der Waals surface area contributed by atoms with Gasteiger partial charge in [0, 0.05) is 6.92 Å². The molecule has 56 valence electrons. The summed E-state index contributed by atoms with van der Waals surface area (Å²) >= 11 is 0. The Morgan fingerprint density at radius 1 is 1.40 bits per heavy atom. The zero-order chi connectivity index (χ0) is 7.98. The van der Waals surface area contributed by atoms with Crippen LogP contribution in [0.25, 0.3) is 0 Å². The van der Waals surface area contributed by atoms with Crippen molar-refractivity contribution in [3.8, 4) is 0 Å². The summed E-state index contributed by atoms with van der Waals surface area (Å²) in [6.45, 7) is 5.15. The maximum absolute atomic E-state index is 10.3. The highest BCUT2D eigenvalue weighted by Crippen LogP contribution is 1.94. The van der Waals surface area contributed by atoms with Crippen molar-refractivity contribution in [1.29, 1.82) is 0 Å². The van der Waals surface area contributed by atoms with Crippen LogP contribution >= 0.6 is 0 Å². The average Bonchev–Trinajstić information content (AvgIpc) is 1.85. The molecule has 0 atom stereocenters. The van der Waals surface area contributed by atoms with E-state index in [-0.39, 0.29) is 5.97 Å². The number of carbonyl (C=O) groups is 1. The molecule has 0 saturated carbocycles. The molecule has 0 aromatic rings. The molecule has 0 heterocycles. The van der Waals surface area contributed by atoms with Gasteiger partial charge in [-0.2, -0.15) is 0 Å². The van der Waals surface area contributed by atoms with Gasteiger partial charge in [-0.15, -0.1) is 0 Å². The minimum atomic E-state index is -0.288. The van der Waals surface area contributed by atoms with Gasteiger partial charge in [-0.1, -0.05) is 12.2 Å². The van der Waals surface area contributed by atoms with Gasteiger partial charge in [0.2, 0.25) is 0 Å². The number of hydrogen-bond donors (Lipinski definition) is 0. The lowest BCUT2D eigenvalue weighted by molar-refractivity contribution is -0.135. The highest BCUT2D eigenvalue weighted by molar-refractivity contribution is 5.66. The Hall–Kier alpha value is -1.05. The summed E-state index contributed by atoms with van der Waals surface area (Å²) in [5.41, 5.74) is 0.928. The molecule has 0 fully saturated rings. The van der Waals surface area contributed by atoms with E-state index in [9.17, 15) is 4.79 Å². The number of esters is 1. The highest BCUT2D eigenvalue weighted by Gasteiger charge is 1.86. The maximum Gasteiger partial charge on any atom is 0.307 e. The third-order valence-electron chi connectivity index (χ3n) is 0.840. The molecule has 0 aliphatic carbocycles. The summed E-state index contributed by atoms with van der Waals surface area (Å²) in [5, 5.41) is 0. The SMILES string of the molecule is CC=CC(C)=COC(C)=O. The minimum Gasteiger partial charge on any atom is -0.434 e. The molecule has 0 unspecified atom stereocenters. The van der Waals surface area contributed by atoms with Gasteiger partial charge in [0.25, 0.3) is 0 Å². The summed E-state index contributed by atoms with van der Waals surface area (Å²) in [5.74, 6) is -0.288. The molecular weight excluding hydrogens is 128 g/mol. The quantitative estimate of drug-likeness (QED) is 0.333. The lowest BCUT2D eigenvalue weighted by Gasteiger charge is -1.92. The fourth-order valence-electron chi connectivity index (χ4n) is 0.478. The summed E-state index contributed by atoms with van der Waals surface area (Å²) in [4.78, 5) is 10.3. The molecule has 2 heteroatoms. The van der Waals surface area contributed by atoms with Crippen molar-refractivity contribution < 1.29 is 9.53 Å². The van der Waals surface area contributed by atoms with Crippen molar-refractivity contribution in [2.24, 2.45) is 0 Å². The highest BCUT2D eigenvalue weighted by atomic mass is 16.5. The lowest BCUT2D eigenvalue weighted by Crippen LogP contribution is -1.90. The van der Waals surface area contributed by atoms with Crippen molar-refractivity contribution in [1.82, 2.24) is 0 Å². The van der Waals surface area contributed by atoms with Crippen LogP contribution in [0.2, 0.25) is 0 Å². The van der Waals surface area contributed by atoms with Crippen LogP contribution in [0.1, 0.15) is 20.8 Å². The third-order valence-corrected chi connectivity index (χ3v) is 0.840. The van der Waals surface area contributed by atoms with Crippen molar-refractivity contribution >= 4 is 5.97 Å². The normalized spacial score (nSPS) is 12.1. The molecule has 0 spiro atoms. The van der Waals surface area contributed by atoms with Gasteiger partial charge in [-0.25, -0.2) is 0 Å². The predicted octanol–water partition coefficient (Wildman–Crippen LogP) is 2.03. The van der Waals surface area contributed by atoms with Gasteiger partial charge in [-0.05, 0) is 19.4 Å². The largest absolute Gasteiger partial charge is 0.434 e. The summed E-state index contributed by atoms with van der Waals surface area (Å²) in [6.07, 6.45) is 5.18. The van der Waals surface area contributed by atoms with Gasteiger partial charge >= 0.3 is 5.97 Å². The molecule has 0 radical (unpaired) electrons. The molecule has 0 N–H and O–H groups in total. The molecular formula is C8H12O2. The number of hydrogen-bond acceptors (Lipinski definition) is 2. The van der Waals surface area contributed by atoms with E-state index in [0.717, 1.165) is 5.57 Å². The van der Waals surface area contributed by atoms with Crippen LogP contribution in [0.5, 0.6) is 0 Å². The Kier molecular flexibility index (Phi) is 4.29. The topological polar surface area (TPSA) is 26.3 Å². The van der Waals surface area contributed by atoms with Gasteiger partial charge in [0.15, 0.2) is 0 Å². The number of carbonyl (C=O) groups excluding carboxylic acids is 1. The van der Waals surface area contributed by atoms with Gasteiger partial charge in [-0.3, -0.25) is 4.79 Å². The van der Waals surface area contributed by atoms with Gasteiger partial charge in [0.05, 0.1) is 6.26 Å². The Morgan fingerprint density at radius 3 is 2.40 bits per heavy atom. The second kappa shape index (κ2) is 4.79. The smallest absolute Gasteiger partial charge is 0.307 e. The number of allylic oxidation sites excluding steroid dienone is 3. The molecule has 0 aromatic heterocycles.